The number of benzene rings is 1. The summed E-state index contributed by atoms with van der Waals surface area (Å²) in [6.45, 7) is 2.94. The van der Waals surface area contributed by atoms with Gasteiger partial charge in [-0.05, 0) is 37.8 Å². The van der Waals surface area contributed by atoms with E-state index < -0.39 is 0 Å². The molecule has 1 heterocycles. The number of rotatable bonds is 3. The zero-order valence-corrected chi connectivity index (χ0v) is 11.1. The summed E-state index contributed by atoms with van der Waals surface area (Å²) >= 11 is 7.82. The van der Waals surface area contributed by atoms with Crippen molar-refractivity contribution in [3.8, 4) is 0 Å². The first kappa shape index (κ1) is 12.1. The molecular weight excluding hydrogens is 242 g/mol. The van der Waals surface area contributed by atoms with Crippen molar-refractivity contribution >= 4 is 29.1 Å². The van der Waals surface area contributed by atoms with Gasteiger partial charge in [0.1, 0.15) is 0 Å². The molecule has 0 spiro atoms. The second-order valence-corrected chi connectivity index (χ2v) is 5.22. The van der Waals surface area contributed by atoms with Gasteiger partial charge >= 0.3 is 0 Å². The van der Waals surface area contributed by atoms with E-state index >= 15 is 0 Å². The molecule has 1 aliphatic rings. The summed E-state index contributed by atoms with van der Waals surface area (Å²) in [7, 11) is 0. The highest BCUT2D eigenvalue weighted by Gasteiger charge is 2.23. The van der Waals surface area contributed by atoms with E-state index in [0.717, 1.165) is 28.6 Å². The zero-order chi connectivity index (χ0) is 11.5. The van der Waals surface area contributed by atoms with Crippen LogP contribution < -0.4 is 5.32 Å². The van der Waals surface area contributed by atoms with Gasteiger partial charge in [-0.2, -0.15) is 0 Å². The molecule has 2 rings (SSSR count). The number of halogens is 1. The van der Waals surface area contributed by atoms with E-state index in [9.17, 15) is 0 Å². The van der Waals surface area contributed by atoms with Crippen molar-refractivity contribution in [2.75, 3.05) is 18.2 Å². The molecule has 16 heavy (non-hydrogen) atoms. The monoisotopic (exact) mass is 257 g/mol. The van der Waals surface area contributed by atoms with Crippen LogP contribution in [0.25, 0.3) is 0 Å². The lowest BCUT2D eigenvalue weighted by Gasteiger charge is -2.17. The molecule has 4 heteroatoms. The summed E-state index contributed by atoms with van der Waals surface area (Å²) in [4.78, 5) is 1.11. The molecule has 0 amide bonds. The van der Waals surface area contributed by atoms with Gasteiger partial charge in [-0.3, -0.25) is 0 Å². The topological polar surface area (TPSA) is 21.3 Å². The van der Waals surface area contributed by atoms with Gasteiger partial charge in [0, 0.05) is 17.2 Å². The molecule has 0 aliphatic carbocycles. The first-order valence-electron chi connectivity index (χ1n) is 5.42. The van der Waals surface area contributed by atoms with E-state index in [0.29, 0.717) is 6.04 Å². The first-order valence-corrected chi connectivity index (χ1v) is 7.02. The average molecular weight is 258 g/mol. The maximum Gasteiger partial charge on any atom is 0.0748 e. The lowest BCUT2D eigenvalue weighted by atomic mass is 10.1. The Morgan fingerprint density at radius 1 is 1.50 bits per heavy atom. The van der Waals surface area contributed by atoms with Gasteiger partial charge in [0.05, 0.1) is 17.2 Å². The third-order valence-electron chi connectivity index (χ3n) is 2.88. The Hall–Kier alpha value is -0.380. The third-order valence-corrected chi connectivity index (χ3v) is 4.10. The molecule has 2 unspecified atom stereocenters. The maximum atomic E-state index is 6.16. The summed E-state index contributed by atoms with van der Waals surface area (Å²) in [6, 6.07) is 6.51. The van der Waals surface area contributed by atoms with Crippen molar-refractivity contribution in [2.24, 2.45) is 0 Å². The van der Waals surface area contributed by atoms with Crippen LogP contribution in [0.1, 0.15) is 13.3 Å². The molecule has 0 aromatic heterocycles. The van der Waals surface area contributed by atoms with E-state index in [1.165, 1.54) is 0 Å². The van der Waals surface area contributed by atoms with Gasteiger partial charge in [0.15, 0.2) is 0 Å². The van der Waals surface area contributed by atoms with Gasteiger partial charge in [0.2, 0.25) is 0 Å². The minimum absolute atomic E-state index is 0.277. The Bertz CT molecular complexity index is 372. The van der Waals surface area contributed by atoms with Crippen molar-refractivity contribution in [2.45, 2.75) is 30.4 Å². The van der Waals surface area contributed by atoms with E-state index in [-0.39, 0.29) is 6.10 Å². The molecule has 1 N–H and O–H groups in total. The smallest absolute Gasteiger partial charge is 0.0748 e. The fourth-order valence-corrected chi connectivity index (χ4v) is 2.76. The Morgan fingerprint density at radius 3 is 2.88 bits per heavy atom. The van der Waals surface area contributed by atoms with Crippen molar-refractivity contribution in [3.63, 3.8) is 0 Å². The average Bonchev–Trinajstić information content (AvgIpc) is 2.65. The predicted octanol–water partition coefficient (Wildman–Crippen LogP) is 3.65. The van der Waals surface area contributed by atoms with Crippen molar-refractivity contribution < 1.29 is 4.74 Å². The molecule has 2 atom stereocenters. The van der Waals surface area contributed by atoms with E-state index in [4.69, 9.17) is 16.3 Å². The number of hydrogen-bond acceptors (Lipinski definition) is 3. The molecule has 1 saturated heterocycles. The van der Waals surface area contributed by atoms with Crippen LogP contribution in [-0.2, 0) is 4.74 Å². The lowest BCUT2D eigenvalue weighted by Crippen LogP contribution is -2.26. The lowest BCUT2D eigenvalue weighted by molar-refractivity contribution is 0.121. The Balaban J connectivity index is 2.07. The zero-order valence-electron chi connectivity index (χ0n) is 9.50. The number of thioether (sulfide) groups is 1. The minimum atomic E-state index is 0.277. The molecule has 1 aromatic rings. The highest BCUT2D eigenvalue weighted by Crippen LogP contribution is 2.29. The second-order valence-electron chi connectivity index (χ2n) is 3.96. The summed E-state index contributed by atoms with van der Waals surface area (Å²) in [5.41, 5.74) is 1.07. The van der Waals surface area contributed by atoms with Gasteiger partial charge < -0.3 is 10.1 Å². The Kier molecular flexibility index (Phi) is 4.00. The Labute approximate surface area is 106 Å². The van der Waals surface area contributed by atoms with Crippen LogP contribution >= 0.6 is 23.4 Å². The Morgan fingerprint density at radius 2 is 2.31 bits per heavy atom. The molecule has 2 nitrogen and oxygen atoms in total. The highest BCUT2D eigenvalue weighted by atomic mass is 35.5. The summed E-state index contributed by atoms with van der Waals surface area (Å²) < 4.78 is 5.51. The molecule has 0 radical (unpaired) electrons. The van der Waals surface area contributed by atoms with Crippen molar-refractivity contribution in [3.05, 3.63) is 23.2 Å². The first-order chi connectivity index (χ1) is 7.70. The molecule has 0 bridgehead atoms. The fraction of sp³-hybridized carbons (Fsp3) is 0.500. The predicted molar refractivity (Wildman–Crippen MR) is 70.7 cm³/mol. The fourth-order valence-electron chi connectivity index (χ4n) is 1.89. The third kappa shape index (κ3) is 2.65. The maximum absolute atomic E-state index is 6.16. The molecule has 1 aromatic carbocycles. The summed E-state index contributed by atoms with van der Waals surface area (Å²) in [5.74, 6) is 0. The molecule has 1 fully saturated rings. The molecule has 88 valence electrons. The number of hydrogen-bond donors (Lipinski definition) is 1. The summed E-state index contributed by atoms with van der Waals surface area (Å²) in [5, 5.41) is 4.27. The SMILES string of the molecule is CSc1ccc(NC2CCOC2C)cc1Cl. The van der Waals surface area contributed by atoms with Crippen molar-refractivity contribution in [1.82, 2.24) is 0 Å². The van der Waals surface area contributed by atoms with Crippen LogP contribution in [0.2, 0.25) is 5.02 Å². The van der Waals surface area contributed by atoms with Crippen LogP contribution in [0.15, 0.2) is 23.1 Å². The van der Waals surface area contributed by atoms with Crippen LogP contribution in [0.5, 0.6) is 0 Å². The largest absolute Gasteiger partial charge is 0.380 e. The summed E-state index contributed by atoms with van der Waals surface area (Å²) in [6.07, 6.45) is 3.36. The highest BCUT2D eigenvalue weighted by molar-refractivity contribution is 7.98. The van der Waals surface area contributed by atoms with Crippen LogP contribution in [0.3, 0.4) is 0 Å². The van der Waals surface area contributed by atoms with Crippen LogP contribution in [-0.4, -0.2) is 25.0 Å². The van der Waals surface area contributed by atoms with E-state index in [1.54, 1.807) is 11.8 Å². The number of anilines is 1. The molecular formula is C12H16ClNOS. The van der Waals surface area contributed by atoms with E-state index in [2.05, 4.69) is 24.4 Å². The standard InChI is InChI=1S/C12H16ClNOS/c1-8-11(5-6-15-8)14-9-3-4-12(16-2)10(13)7-9/h3-4,7-8,11,14H,5-6H2,1-2H3. The van der Waals surface area contributed by atoms with Crippen LogP contribution in [0.4, 0.5) is 5.69 Å². The molecule has 1 aliphatic heterocycles. The van der Waals surface area contributed by atoms with Crippen LogP contribution in [0, 0.1) is 0 Å². The van der Waals surface area contributed by atoms with Gasteiger partial charge in [0.25, 0.3) is 0 Å². The second kappa shape index (κ2) is 5.30. The van der Waals surface area contributed by atoms with Gasteiger partial charge in [-0.1, -0.05) is 11.6 Å². The molecule has 0 saturated carbocycles. The van der Waals surface area contributed by atoms with Crippen molar-refractivity contribution in [1.29, 1.82) is 0 Å². The minimum Gasteiger partial charge on any atom is -0.380 e. The normalized spacial score (nSPS) is 24.7. The number of ether oxygens (including phenoxy) is 1. The van der Waals surface area contributed by atoms with Gasteiger partial charge in [-0.15, -0.1) is 11.8 Å². The quantitative estimate of drug-likeness (QED) is 0.836. The van der Waals surface area contributed by atoms with Gasteiger partial charge in [-0.25, -0.2) is 0 Å². The number of nitrogens with one attached hydrogen (secondary N) is 1. The van der Waals surface area contributed by atoms with E-state index in [1.807, 2.05) is 12.3 Å².